The van der Waals surface area contributed by atoms with Crippen LogP contribution in [0.3, 0.4) is 0 Å². The van der Waals surface area contributed by atoms with E-state index in [2.05, 4.69) is 0 Å². The summed E-state index contributed by atoms with van der Waals surface area (Å²) in [6.07, 6.45) is 3.50. The largest absolute Gasteiger partial charge is 0.342 e. The van der Waals surface area contributed by atoms with Crippen LogP contribution in [0.4, 0.5) is 0 Å². The lowest BCUT2D eigenvalue weighted by Crippen LogP contribution is -2.17. The second-order valence-electron chi connectivity index (χ2n) is 5.20. The van der Waals surface area contributed by atoms with E-state index in [1.807, 2.05) is 0 Å². The molecule has 1 unspecified atom stereocenters. The molecule has 0 saturated heterocycles. The summed E-state index contributed by atoms with van der Waals surface area (Å²) in [5.41, 5.74) is -0.355. The topological polar surface area (TPSA) is 80.7 Å². The Hall–Kier alpha value is -0.390. The van der Waals surface area contributed by atoms with Crippen LogP contribution in [0.5, 0.6) is 0 Å². The minimum Gasteiger partial charge on any atom is -0.342 e. The van der Waals surface area contributed by atoms with E-state index in [4.69, 9.17) is 15.8 Å². The Balaban J connectivity index is 2.03. The smallest absolute Gasteiger partial charge is 0.297 e. The van der Waals surface area contributed by atoms with Crippen molar-refractivity contribution >= 4 is 29.1 Å². The highest BCUT2D eigenvalue weighted by Crippen LogP contribution is 2.52. The third-order valence-corrected chi connectivity index (χ3v) is 7.50. The van der Waals surface area contributed by atoms with Crippen LogP contribution in [-0.4, -0.2) is 25.3 Å². The molecule has 118 valence electrons. The lowest BCUT2D eigenvalue weighted by Gasteiger charge is -2.26. The third kappa shape index (κ3) is 4.54. The molecule has 1 aromatic rings. The van der Waals surface area contributed by atoms with Crippen LogP contribution in [-0.2, 0) is 18.9 Å². The van der Waals surface area contributed by atoms with Gasteiger partial charge >= 0.3 is 0 Å². The van der Waals surface area contributed by atoms with Crippen molar-refractivity contribution in [2.45, 2.75) is 42.7 Å². The van der Waals surface area contributed by atoms with Crippen molar-refractivity contribution in [3.8, 4) is 0 Å². The summed E-state index contributed by atoms with van der Waals surface area (Å²) in [7, 11) is -7.66. The van der Waals surface area contributed by atoms with Crippen LogP contribution in [0.15, 0.2) is 29.2 Å². The van der Waals surface area contributed by atoms with Gasteiger partial charge in [0.15, 0.2) is 0 Å². The molecule has 0 aromatic heterocycles. The molecular weight excluding hydrogens is 335 g/mol. The van der Waals surface area contributed by atoms with Gasteiger partial charge < -0.3 is 4.89 Å². The second kappa shape index (κ2) is 6.80. The average Bonchev–Trinajstić information content (AvgIpc) is 2.47. The molecule has 1 aromatic carbocycles. The minimum absolute atomic E-state index is 0.0736. The molecule has 1 aliphatic rings. The Bertz CT molecular complexity index is 622. The highest BCUT2D eigenvalue weighted by atomic mass is 35.5. The van der Waals surface area contributed by atoms with Crippen LogP contribution in [0.2, 0.25) is 5.02 Å². The van der Waals surface area contributed by atoms with Crippen LogP contribution in [0.1, 0.15) is 32.1 Å². The van der Waals surface area contributed by atoms with Crippen molar-refractivity contribution in [1.82, 2.24) is 0 Å². The van der Waals surface area contributed by atoms with Crippen LogP contribution in [0, 0.1) is 0 Å². The molecule has 0 heterocycles. The summed E-state index contributed by atoms with van der Waals surface area (Å²) in [5.74, 6) is 0. The molecule has 2 rings (SSSR count). The fourth-order valence-corrected chi connectivity index (χ4v) is 5.68. The SMILES string of the molecule is O=P(O)(COS(=O)(=O)c1ccc(Cl)cc1)C1CCCCC1. The summed E-state index contributed by atoms with van der Waals surface area (Å²) in [6, 6.07) is 5.47. The summed E-state index contributed by atoms with van der Waals surface area (Å²) >= 11 is 5.69. The zero-order valence-corrected chi connectivity index (χ0v) is 13.9. The van der Waals surface area contributed by atoms with Gasteiger partial charge in [-0.25, -0.2) is 0 Å². The third-order valence-electron chi connectivity index (χ3n) is 3.64. The molecule has 8 heteroatoms. The van der Waals surface area contributed by atoms with E-state index in [0.717, 1.165) is 19.3 Å². The number of hydrogen-bond donors (Lipinski definition) is 1. The van der Waals surface area contributed by atoms with Gasteiger partial charge in [-0.2, -0.15) is 8.42 Å². The van der Waals surface area contributed by atoms with Crippen LogP contribution >= 0.6 is 19.0 Å². The monoisotopic (exact) mass is 352 g/mol. The van der Waals surface area contributed by atoms with E-state index < -0.39 is 23.8 Å². The molecule has 0 spiro atoms. The van der Waals surface area contributed by atoms with Crippen molar-refractivity contribution < 1.29 is 22.1 Å². The first-order chi connectivity index (χ1) is 9.81. The average molecular weight is 353 g/mol. The molecular formula is C13H18ClO5PS. The molecule has 1 saturated carbocycles. The van der Waals surface area contributed by atoms with Crippen LogP contribution in [0.25, 0.3) is 0 Å². The molecule has 0 amide bonds. The normalized spacial score (nSPS) is 20.1. The quantitative estimate of drug-likeness (QED) is 0.646. The van der Waals surface area contributed by atoms with Gasteiger partial charge in [0.1, 0.15) is 6.35 Å². The van der Waals surface area contributed by atoms with E-state index in [9.17, 15) is 17.9 Å². The van der Waals surface area contributed by atoms with Gasteiger partial charge in [0.2, 0.25) is 7.37 Å². The Morgan fingerprint density at radius 1 is 1.19 bits per heavy atom. The van der Waals surface area contributed by atoms with E-state index in [1.165, 1.54) is 24.3 Å². The predicted octanol–water partition coefficient (Wildman–Crippen LogP) is 3.61. The van der Waals surface area contributed by atoms with Gasteiger partial charge in [-0.15, -0.1) is 0 Å². The Kier molecular flexibility index (Phi) is 5.49. The summed E-state index contributed by atoms with van der Waals surface area (Å²) in [5, 5.41) is 0.406. The van der Waals surface area contributed by atoms with Crippen LogP contribution < -0.4 is 0 Å². The van der Waals surface area contributed by atoms with Crippen molar-refractivity contribution in [2.75, 3.05) is 6.35 Å². The van der Waals surface area contributed by atoms with Crippen molar-refractivity contribution in [1.29, 1.82) is 0 Å². The molecule has 0 bridgehead atoms. The predicted molar refractivity (Wildman–Crippen MR) is 81.3 cm³/mol. The van der Waals surface area contributed by atoms with Gasteiger partial charge in [0.25, 0.3) is 10.1 Å². The van der Waals surface area contributed by atoms with E-state index in [1.54, 1.807) is 0 Å². The maximum absolute atomic E-state index is 12.2. The summed E-state index contributed by atoms with van der Waals surface area (Å²) in [6.45, 7) is 0. The first-order valence-corrected chi connectivity index (χ1v) is 10.5. The number of benzene rings is 1. The standard InChI is InChI=1S/C13H18ClO5PS/c14-11-6-8-13(9-7-11)21(17,18)19-10-20(15,16)12-4-2-1-3-5-12/h6-9,12H,1-5,10H2,(H,15,16). The molecule has 0 radical (unpaired) electrons. The van der Waals surface area contributed by atoms with E-state index in [0.29, 0.717) is 17.9 Å². The van der Waals surface area contributed by atoms with Gasteiger partial charge in [-0.1, -0.05) is 30.9 Å². The fraction of sp³-hybridized carbons (Fsp3) is 0.538. The molecule has 1 fully saturated rings. The second-order valence-corrected chi connectivity index (χ2v) is 9.75. The van der Waals surface area contributed by atoms with Gasteiger partial charge in [-0.05, 0) is 37.1 Å². The Morgan fingerprint density at radius 2 is 1.76 bits per heavy atom. The lowest BCUT2D eigenvalue weighted by molar-refractivity contribution is 0.333. The Morgan fingerprint density at radius 3 is 2.33 bits per heavy atom. The number of hydrogen-bond acceptors (Lipinski definition) is 4. The maximum atomic E-state index is 12.2. The fourth-order valence-electron chi connectivity index (χ4n) is 2.40. The van der Waals surface area contributed by atoms with E-state index >= 15 is 0 Å². The highest BCUT2D eigenvalue weighted by Gasteiger charge is 2.34. The summed E-state index contributed by atoms with van der Waals surface area (Å²) in [4.78, 5) is 9.96. The molecule has 0 aliphatic heterocycles. The van der Waals surface area contributed by atoms with Gasteiger partial charge in [0.05, 0.1) is 4.90 Å². The maximum Gasteiger partial charge on any atom is 0.297 e. The molecule has 21 heavy (non-hydrogen) atoms. The summed E-state index contributed by atoms with van der Waals surface area (Å²) < 4.78 is 41.0. The highest BCUT2D eigenvalue weighted by molar-refractivity contribution is 7.87. The zero-order valence-electron chi connectivity index (χ0n) is 11.4. The molecule has 1 aliphatic carbocycles. The molecule has 5 nitrogen and oxygen atoms in total. The number of halogens is 1. The Labute approximate surface area is 129 Å². The first kappa shape index (κ1) is 17.0. The van der Waals surface area contributed by atoms with E-state index in [-0.39, 0.29) is 10.6 Å². The van der Waals surface area contributed by atoms with Crippen molar-refractivity contribution in [2.24, 2.45) is 0 Å². The lowest BCUT2D eigenvalue weighted by atomic mass is 10.0. The zero-order chi connectivity index (χ0) is 15.5. The number of rotatable bonds is 5. The van der Waals surface area contributed by atoms with Gasteiger partial charge in [0, 0.05) is 10.7 Å². The molecule has 1 N–H and O–H groups in total. The van der Waals surface area contributed by atoms with Crippen molar-refractivity contribution in [3.05, 3.63) is 29.3 Å². The molecule has 1 atom stereocenters. The van der Waals surface area contributed by atoms with Gasteiger partial charge in [-0.3, -0.25) is 8.75 Å². The minimum atomic E-state index is -4.04. The first-order valence-electron chi connectivity index (χ1n) is 6.78. The van der Waals surface area contributed by atoms with Crippen molar-refractivity contribution in [3.63, 3.8) is 0 Å².